The Hall–Kier alpha value is -2.58. The van der Waals surface area contributed by atoms with Gasteiger partial charge in [-0.2, -0.15) is 0 Å². The SMILES string of the molecule is Cc1ccc(N2CCCS2(=O)=O)cc1NS(=O)(=O)c1ccc2ccccc2c1. The van der Waals surface area contributed by atoms with Crippen LogP contribution in [0.5, 0.6) is 0 Å². The van der Waals surface area contributed by atoms with Crippen LogP contribution in [0.2, 0.25) is 0 Å². The van der Waals surface area contributed by atoms with Gasteiger partial charge in [-0.3, -0.25) is 9.03 Å². The third-order valence-electron chi connectivity index (χ3n) is 4.88. The molecule has 1 N–H and O–H groups in total. The molecular formula is C20H20N2O4S2. The van der Waals surface area contributed by atoms with E-state index in [1.165, 1.54) is 4.31 Å². The zero-order valence-corrected chi connectivity index (χ0v) is 16.9. The summed E-state index contributed by atoms with van der Waals surface area (Å²) < 4.78 is 54.1. The molecule has 1 aliphatic rings. The Morgan fingerprint density at radius 3 is 2.43 bits per heavy atom. The Balaban J connectivity index is 1.70. The fourth-order valence-corrected chi connectivity index (χ4v) is 6.06. The fraction of sp³-hybridized carbons (Fsp3) is 0.200. The van der Waals surface area contributed by atoms with E-state index in [9.17, 15) is 16.8 Å². The second-order valence-corrected chi connectivity index (χ2v) is 10.6. The Morgan fingerprint density at radius 2 is 1.71 bits per heavy atom. The number of benzene rings is 3. The molecule has 8 heteroatoms. The third kappa shape index (κ3) is 3.45. The quantitative estimate of drug-likeness (QED) is 0.706. The number of anilines is 2. The maximum Gasteiger partial charge on any atom is 0.261 e. The first kappa shape index (κ1) is 18.8. The van der Waals surface area contributed by atoms with Gasteiger partial charge < -0.3 is 0 Å². The van der Waals surface area contributed by atoms with E-state index >= 15 is 0 Å². The molecule has 3 aromatic carbocycles. The van der Waals surface area contributed by atoms with Crippen LogP contribution in [0.4, 0.5) is 11.4 Å². The molecule has 146 valence electrons. The summed E-state index contributed by atoms with van der Waals surface area (Å²) >= 11 is 0. The first-order chi connectivity index (χ1) is 13.3. The highest BCUT2D eigenvalue weighted by atomic mass is 32.2. The molecule has 0 spiro atoms. The number of nitrogens with zero attached hydrogens (tertiary/aromatic N) is 1. The zero-order valence-electron chi connectivity index (χ0n) is 15.3. The van der Waals surface area contributed by atoms with Crippen molar-refractivity contribution in [3.8, 4) is 0 Å². The summed E-state index contributed by atoms with van der Waals surface area (Å²) in [6, 6.07) is 17.5. The van der Waals surface area contributed by atoms with Crippen LogP contribution in [0.1, 0.15) is 12.0 Å². The second kappa shape index (κ2) is 6.79. The maximum atomic E-state index is 12.9. The number of rotatable bonds is 4. The van der Waals surface area contributed by atoms with Gasteiger partial charge >= 0.3 is 0 Å². The van der Waals surface area contributed by atoms with Crippen molar-refractivity contribution < 1.29 is 16.8 Å². The summed E-state index contributed by atoms with van der Waals surface area (Å²) in [6.07, 6.45) is 0.564. The molecule has 0 bridgehead atoms. The second-order valence-electron chi connectivity index (χ2n) is 6.86. The lowest BCUT2D eigenvalue weighted by Crippen LogP contribution is -2.25. The van der Waals surface area contributed by atoms with Gasteiger partial charge in [0.05, 0.1) is 22.0 Å². The van der Waals surface area contributed by atoms with Crippen LogP contribution >= 0.6 is 0 Å². The van der Waals surface area contributed by atoms with E-state index in [0.717, 1.165) is 10.8 Å². The van der Waals surface area contributed by atoms with Gasteiger partial charge in [0, 0.05) is 6.54 Å². The first-order valence-electron chi connectivity index (χ1n) is 8.89. The molecule has 0 saturated carbocycles. The monoisotopic (exact) mass is 416 g/mol. The van der Waals surface area contributed by atoms with Crippen molar-refractivity contribution in [1.29, 1.82) is 0 Å². The average molecular weight is 417 g/mol. The predicted octanol–water partition coefficient (Wildman–Crippen LogP) is 3.49. The molecule has 1 saturated heterocycles. The van der Waals surface area contributed by atoms with Crippen molar-refractivity contribution >= 4 is 42.2 Å². The Kier molecular flexibility index (Phi) is 4.55. The molecule has 28 heavy (non-hydrogen) atoms. The molecular weight excluding hydrogens is 396 g/mol. The normalized spacial score (nSPS) is 16.4. The van der Waals surface area contributed by atoms with E-state index in [1.54, 1.807) is 43.3 Å². The molecule has 1 heterocycles. The highest BCUT2D eigenvalue weighted by Crippen LogP contribution is 2.30. The first-order valence-corrected chi connectivity index (χ1v) is 12.0. The van der Waals surface area contributed by atoms with Gasteiger partial charge in [0.25, 0.3) is 10.0 Å². The minimum absolute atomic E-state index is 0.110. The van der Waals surface area contributed by atoms with Crippen molar-refractivity contribution in [3.05, 3.63) is 66.2 Å². The summed E-state index contributed by atoms with van der Waals surface area (Å²) in [7, 11) is -7.15. The smallest absolute Gasteiger partial charge is 0.261 e. The van der Waals surface area contributed by atoms with Gasteiger partial charge in [0.1, 0.15) is 0 Å². The summed E-state index contributed by atoms with van der Waals surface area (Å²) in [6.45, 7) is 2.18. The van der Waals surface area contributed by atoms with Crippen molar-refractivity contribution in [2.24, 2.45) is 0 Å². The molecule has 6 nitrogen and oxygen atoms in total. The summed E-state index contributed by atoms with van der Waals surface area (Å²) in [5.41, 5.74) is 1.55. The van der Waals surface area contributed by atoms with Crippen molar-refractivity contribution in [2.75, 3.05) is 21.3 Å². The lowest BCUT2D eigenvalue weighted by atomic mass is 10.1. The lowest BCUT2D eigenvalue weighted by molar-refractivity contribution is 0.598. The van der Waals surface area contributed by atoms with Crippen LogP contribution in [0.3, 0.4) is 0 Å². The molecule has 0 aliphatic carbocycles. The third-order valence-corrected chi connectivity index (χ3v) is 8.12. The predicted molar refractivity (Wildman–Crippen MR) is 112 cm³/mol. The molecule has 4 rings (SSSR count). The number of fused-ring (bicyclic) bond motifs is 1. The van der Waals surface area contributed by atoms with E-state index in [1.807, 2.05) is 24.3 Å². The van der Waals surface area contributed by atoms with E-state index < -0.39 is 20.0 Å². The summed E-state index contributed by atoms with van der Waals surface area (Å²) in [4.78, 5) is 0.157. The fourth-order valence-electron chi connectivity index (χ4n) is 3.34. The topological polar surface area (TPSA) is 83.6 Å². The van der Waals surface area contributed by atoms with Gasteiger partial charge in [-0.05, 0) is 53.9 Å². The lowest BCUT2D eigenvalue weighted by Gasteiger charge is -2.19. The van der Waals surface area contributed by atoms with Gasteiger partial charge in [0.2, 0.25) is 10.0 Å². The Bertz CT molecular complexity index is 1270. The molecule has 3 aromatic rings. The average Bonchev–Trinajstić information content (AvgIpc) is 3.02. The molecule has 0 unspecified atom stereocenters. The van der Waals surface area contributed by atoms with Gasteiger partial charge in [-0.1, -0.05) is 36.4 Å². The number of nitrogens with one attached hydrogen (secondary N) is 1. The highest BCUT2D eigenvalue weighted by molar-refractivity contribution is 7.93. The van der Waals surface area contributed by atoms with E-state index in [-0.39, 0.29) is 10.6 Å². The van der Waals surface area contributed by atoms with Crippen LogP contribution in [-0.2, 0) is 20.0 Å². The van der Waals surface area contributed by atoms with Gasteiger partial charge in [-0.15, -0.1) is 0 Å². The largest absolute Gasteiger partial charge is 0.279 e. The van der Waals surface area contributed by atoms with E-state index in [4.69, 9.17) is 0 Å². The number of hydrogen-bond donors (Lipinski definition) is 1. The van der Waals surface area contributed by atoms with Crippen molar-refractivity contribution in [3.63, 3.8) is 0 Å². The van der Waals surface area contributed by atoms with Crippen LogP contribution in [0.25, 0.3) is 10.8 Å². The van der Waals surface area contributed by atoms with Crippen LogP contribution in [-0.4, -0.2) is 29.1 Å². The molecule has 1 fully saturated rings. The Morgan fingerprint density at radius 1 is 0.964 bits per heavy atom. The number of aryl methyl sites for hydroxylation is 1. The highest BCUT2D eigenvalue weighted by Gasteiger charge is 2.29. The van der Waals surface area contributed by atoms with Crippen molar-refractivity contribution in [1.82, 2.24) is 0 Å². The summed E-state index contributed by atoms with van der Waals surface area (Å²) in [5.74, 6) is 0.110. The molecule has 0 aromatic heterocycles. The van der Waals surface area contributed by atoms with Gasteiger partial charge in [0.15, 0.2) is 0 Å². The molecule has 0 amide bonds. The van der Waals surface area contributed by atoms with Crippen LogP contribution in [0.15, 0.2) is 65.6 Å². The standard InChI is InChI=1S/C20H20N2O4S2/c1-15-7-9-18(22-11-4-12-27(22,23)24)14-20(15)21-28(25,26)19-10-8-16-5-2-3-6-17(16)13-19/h2-3,5-10,13-14,21H,4,11-12H2,1H3. The minimum atomic E-state index is -3.81. The maximum absolute atomic E-state index is 12.9. The Labute approximate surface area is 164 Å². The van der Waals surface area contributed by atoms with Crippen LogP contribution < -0.4 is 9.03 Å². The van der Waals surface area contributed by atoms with Gasteiger partial charge in [-0.25, -0.2) is 16.8 Å². The summed E-state index contributed by atoms with van der Waals surface area (Å²) in [5, 5.41) is 1.79. The molecule has 0 radical (unpaired) electrons. The molecule has 1 aliphatic heterocycles. The minimum Gasteiger partial charge on any atom is -0.279 e. The zero-order chi connectivity index (χ0) is 19.9. The van der Waals surface area contributed by atoms with Crippen molar-refractivity contribution in [2.45, 2.75) is 18.2 Å². The van der Waals surface area contributed by atoms with E-state index in [2.05, 4.69) is 4.72 Å². The van der Waals surface area contributed by atoms with Crippen LogP contribution in [0, 0.1) is 6.92 Å². The number of hydrogen-bond acceptors (Lipinski definition) is 4. The molecule has 0 atom stereocenters. The number of sulfonamides is 2. The van der Waals surface area contributed by atoms with E-state index in [0.29, 0.717) is 29.9 Å².